The van der Waals surface area contributed by atoms with Crippen LogP contribution in [0.25, 0.3) is 0 Å². The van der Waals surface area contributed by atoms with Gasteiger partial charge >= 0.3 is 0 Å². The van der Waals surface area contributed by atoms with Gasteiger partial charge in [-0.3, -0.25) is 0 Å². The van der Waals surface area contributed by atoms with Crippen LogP contribution in [0.4, 0.5) is 0 Å². The summed E-state index contributed by atoms with van der Waals surface area (Å²) in [6.07, 6.45) is 1.99. The molecule has 1 aliphatic heterocycles. The Morgan fingerprint density at radius 3 is 2.64 bits per heavy atom. The van der Waals surface area contributed by atoms with Gasteiger partial charge < -0.3 is 9.47 Å². The molecule has 5 heteroatoms. The van der Waals surface area contributed by atoms with Crippen molar-refractivity contribution >= 4 is 56.8 Å². The quantitative estimate of drug-likeness (QED) is 0.387. The van der Waals surface area contributed by atoms with Crippen LogP contribution in [-0.2, 0) is 11.2 Å². The molecule has 0 bridgehead atoms. The predicted molar refractivity (Wildman–Crippen MR) is 106 cm³/mol. The van der Waals surface area contributed by atoms with Crippen molar-refractivity contribution in [3.63, 3.8) is 0 Å². The minimum Gasteiger partial charge on any atom is -0.488 e. The summed E-state index contributed by atoms with van der Waals surface area (Å²) in [7, 11) is 0. The van der Waals surface area contributed by atoms with Gasteiger partial charge in [0.1, 0.15) is 11.9 Å². The third kappa shape index (κ3) is 4.27. The first-order chi connectivity index (χ1) is 10.6. The topological polar surface area (TPSA) is 18.5 Å². The van der Waals surface area contributed by atoms with Crippen LogP contribution in [0.15, 0.2) is 36.4 Å². The summed E-state index contributed by atoms with van der Waals surface area (Å²) in [5, 5.41) is 0.851. The van der Waals surface area contributed by atoms with Gasteiger partial charge in [-0.1, -0.05) is 23.7 Å². The number of benzene rings is 2. The highest BCUT2D eigenvalue weighted by Gasteiger charge is 2.17. The molecule has 0 saturated carbocycles. The maximum Gasteiger partial charge on any atom is 0.124 e. The van der Waals surface area contributed by atoms with Crippen molar-refractivity contribution in [2.45, 2.75) is 18.9 Å². The highest BCUT2D eigenvalue weighted by Crippen LogP contribution is 2.28. The first-order valence-electron chi connectivity index (χ1n) is 7.08. The fraction of sp³-hybridized carbons (Fsp3) is 0.294. The standard InChI is InChI=1S/C17H15ClI2O2/c18-17-12(8-13(19)9-16(17)20)7-11-1-3-14(4-2-11)22-15-5-6-21-10-15/h1-4,8-9,15H,5-7,10H2/t15-/m0/s1. The van der Waals surface area contributed by atoms with E-state index in [2.05, 4.69) is 69.4 Å². The van der Waals surface area contributed by atoms with Crippen LogP contribution < -0.4 is 4.74 Å². The monoisotopic (exact) mass is 540 g/mol. The third-order valence-electron chi connectivity index (χ3n) is 3.58. The molecule has 1 aliphatic rings. The van der Waals surface area contributed by atoms with E-state index < -0.39 is 0 Å². The zero-order chi connectivity index (χ0) is 15.5. The van der Waals surface area contributed by atoms with Crippen molar-refractivity contribution in [1.82, 2.24) is 0 Å². The van der Waals surface area contributed by atoms with E-state index in [0.717, 1.165) is 39.4 Å². The maximum atomic E-state index is 6.41. The van der Waals surface area contributed by atoms with Crippen molar-refractivity contribution in [3.8, 4) is 5.75 Å². The molecular formula is C17H15ClI2O2. The van der Waals surface area contributed by atoms with Gasteiger partial charge in [-0.25, -0.2) is 0 Å². The van der Waals surface area contributed by atoms with E-state index >= 15 is 0 Å². The van der Waals surface area contributed by atoms with Gasteiger partial charge in [0.15, 0.2) is 0 Å². The van der Waals surface area contributed by atoms with Crippen LogP contribution in [0.5, 0.6) is 5.75 Å². The molecular weight excluding hydrogens is 525 g/mol. The van der Waals surface area contributed by atoms with Crippen LogP contribution >= 0.6 is 56.8 Å². The molecule has 0 radical (unpaired) electrons. The molecule has 0 aromatic heterocycles. The zero-order valence-corrected chi connectivity index (χ0v) is 16.9. The molecule has 0 unspecified atom stereocenters. The Hall–Kier alpha value is -0.0500. The molecule has 2 aromatic carbocycles. The van der Waals surface area contributed by atoms with E-state index in [0.29, 0.717) is 6.61 Å². The highest BCUT2D eigenvalue weighted by atomic mass is 127. The second kappa shape index (κ2) is 7.68. The predicted octanol–water partition coefficient (Wildman–Crippen LogP) is 5.31. The van der Waals surface area contributed by atoms with Crippen LogP contribution in [0, 0.1) is 7.14 Å². The first-order valence-corrected chi connectivity index (χ1v) is 9.62. The van der Waals surface area contributed by atoms with Crippen LogP contribution in [-0.4, -0.2) is 19.3 Å². The second-order valence-electron chi connectivity index (χ2n) is 5.28. The van der Waals surface area contributed by atoms with Gasteiger partial charge in [0, 0.05) is 13.6 Å². The molecule has 116 valence electrons. The van der Waals surface area contributed by atoms with Crippen molar-refractivity contribution < 1.29 is 9.47 Å². The Morgan fingerprint density at radius 1 is 1.18 bits per heavy atom. The van der Waals surface area contributed by atoms with Gasteiger partial charge in [0.2, 0.25) is 0 Å². The van der Waals surface area contributed by atoms with Crippen LogP contribution in [0.2, 0.25) is 5.02 Å². The van der Waals surface area contributed by atoms with Crippen molar-refractivity contribution in [2.75, 3.05) is 13.2 Å². The largest absolute Gasteiger partial charge is 0.488 e. The molecule has 0 spiro atoms. The van der Waals surface area contributed by atoms with E-state index in [9.17, 15) is 0 Å². The molecule has 22 heavy (non-hydrogen) atoms. The van der Waals surface area contributed by atoms with Gasteiger partial charge in [-0.2, -0.15) is 0 Å². The van der Waals surface area contributed by atoms with E-state index in [-0.39, 0.29) is 6.10 Å². The molecule has 1 fully saturated rings. The Labute approximate surface area is 162 Å². The number of hydrogen-bond donors (Lipinski definition) is 0. The molecule has 2 aromatic rings. The van der Waals surface area contributed by atoms with Crippen molar-refractivity contribution in [2.24, 2.45) is 0 Å². The lowest BCUT2D eigenvalue weighted by molar-refractivity contribution is 0.141. The number of rotatable bonds is 4. The van der Waals surface area contributed by atoms with E-state index in [1.165, 1.54) is 9.13 Å². The number of ether oxygens (including phenoxy) is 2. The highest BCUT2D eigenvalue weighted by molar-refractivity contribution is 14.1. The molecule has 0 amide bonds. The van der Waals surface area contributed by atoms with E-state index in [1.54, 1.807) is 0 Å². The second-order valence-corrected chi connectivity index (χ2v) is 8.07. The van der Waals surface area contributed by atoms with Gasteiger partial charge in [-0.05, 0) is 87.0 Å². The lowest BCUT2D eigenvalue weighted by atomic mass is 10.0. The molecule has 1 saturated heterocycles. The van der Waals surface area contributed by atoms with Crippen molar-refractivity contribution in [3.05, 3.63) is 59.7 Å². The molecule has 1 atom stereocenters. The minimum atomic E-state index is 0.192. The molecule has 0 N–H and O–H groups in total. The third-order valence-corrected chi connectivity index (χ3v) is 5.82. The summed E-state index contributed by atoms with van der Waals surface area (Å²) in [4.78, 5) is 0. The van der Waals surface area contributed by atoms with E-state index in [4.69, 9.17) is 21.1 Å². The number of hydrogen-bond acceptors (Lipinski definition) is 2. The Balaban J connectivity index is 1.70. The normalized spacial score (nSPS) is 17.7. The van der Waals surface area contributed by atoms with Crippen LogP contribution in [0.3, 0.4) is 0 Å². The lowest BCUT2D eigenvalue weighted by Gasteiger charge is -2.12. The van der Waals surface area contributed by atoms with Gasteiger partial charge in [0.05, 0.1) is 18.2 Å². The fourth-order valence-corrected chi connectivity index (χ4v) is 4.58. The molecule has 2 nitrogen and oxygen atoms in total. The average Bonchev–Trinajstić information content (AvgIpc) is 2.99. The van der Waals surface area contributed by atoms with Crippen LogP contribution in [0.1, 0.15) is 17.5 Å². The Bertz CT molecular complexity index is 652. The summed E-state index contributed by atoms with van der Waals surface area (Å²) in [6, 6.07) is 12.5. The Kier molecular flexibility index (Phi) is 5.86. The summed E-state index contributed by atoms with van der Waals surface area (Å²) < 4.78 is 13.5. The fourth-order valence-electron chi connectivity index (χ4n) is 2.44. The smallest absolute Gasteiger partial charge is 0.124 e. The SMILES string of the molecule is Clc1c(I)cc(I)cc1Cc1ccc(O[C@H]2CCOC2)cc1. The van der Waals surface area contributed by atoms with Gasteiger partial charge in [0.25, 0.3) is 0 Å². The average molecular weight is 541 g/mol. The Morgan fingerprint density at radius 2 is 1.95 bits per heavy atom. The van der Waals surface area contributed by atoms with Crippen molar-refractivity contribution in [1.29, 1.82) is 0 Å². The van der Waals surface area contributed by atoms with Gasteiger partial charge in [-0.15, -0.1) is 0 Å². The lowest BCUT2D eigenvalue weighted by Crippen LogP contribution is -2.15. The summed E-state index contributed by atoms with van der Waals surface area (Å²) in [5.74, 6) is 0.905. The molecule has 1 heterocycles. The summed E-state index contributed by atoms with van der Waals surface area (Å²) >= 11 is 11.0. The minimum absolute atomic E-state index is 0.192. The summed E-state index contributed by atoms with van der Waals surface area (Å²) in [5.41, 5.74) is 2.39. The molecule has 3 rings (SSSR count). The zero-order valence-electron chi connectivity index (χ0n) is 11.8. The summed E-state index contributed by atoms with van der Waals surface area (Å²) in [6.45, 7) is 1.49. The van der Waals surface area contributed by atoms with E-state index in [1.807, 2.05) is 12.1 Å². The first kappa shape index (κ1) is 16.8. The molecule has 0 aliphatic carbocycles. The maximum absolute atomic E-state index is 6.41. The number of halogens is 3.